The summed E-state index contributed by atoms with van der Waals surface area (Å²) in [7, 11) is 0. The van der Waals surface area contributed by atoms with Crippen LogP contribution in [0.2, 0.25) is 0 Å². The van der Waals surface area contributed by atoms with Gasteiger partial charge in [0.2, 0.25) is 0 Å². The summed E-state index contributed by atoms with van der Waals surface area (Å²) in [4.78, 5) is 0. The minimum Gasteiger partial charge on any atom is -0.378 e. The number of halogens is 2. The van der Waals surface area contributed by atoms with Crippen LogP contribution in [0, 0.1) is 11.6 Å². The van der Waals surface area contributed by atoms with E-state index in [-0.39, 0.29) is 5.69 Å². The Bertz CT molecular complexity index is 508. The van der Waals surface area contributed by atoms with Crippen LogP contribution in [0.15, 0.2) is 30.6 Å². The minimum absolute atomic E-state index is 0.161. The van der Waals surface area contributed by atoms with Gasteiger partial charge in [-0.3, -0.25) is 4.68 Å². The molecule has 0 radical (unpaired) electrons. The average molecular weight is 237 g/mol. The normalized spacial score (nSPS) is 10.5. The van der Waals surface area contributed by atoms with Gasteiger partial charge in [0.05, 0.1) is 11.9 Å². The van der Waals surface area contributed by atoms with Gasteiger partial charge in [-0.1, -0.05) is 6.07 Å². The second kappa shape index (κ2) is 4.95. The van der Waals surface area contributed by atoms with Crippen molar-refractivity contribution in [3.8, 4) is 0 Å². The molecule has 1 heterocycles. The molecule has 0 amide bonds. The smallest absolute Gasteiger partial charge is 0.181 e. The fourth-order valence-corrected chi connectivity index (χ4v) is 1.51. The summed E-state index contributed by atoms with van der Waals surface area (Å²) in [5, 5.41) is 6.93. The molecule has 3 nitrogen and oxygen atoms in total. The Labute approximate surface area is 98.1 Å². The maximum atomic E-state index is 13.3. The van der Waals surface area contributed by atoms with E-state index in [1.807, 2.05) is 13.1 Å². The molecule has 1 aromatic carbocycles. The Kier molecular flexibility index (Phi) is 3.37. The van der Waals surface area contributed by atoms with E-state index in [0.29, 0.717) is 6.54 Å². The van der Waals surface area contributed by atoms with Crippen molar-refractivity contribution in [2.45, 2.75) is 20.0 Å². The van der Waals surface area contributed by atoms with Crippen LogP contribution in [0.25, 0.3) is 0 Å². The van der Waals surface area contributed by atoms with E-state index in [1.165, 1.54) is 12.1 Å². The van der Waals surface area contributed by atoms with Gasteiger partial charge in [-0.05, 0) is 19.1 Å². The minimum atomic E-state index is -0.851. The molecule has 2 aromatic rings. The van der Waals surface area contributed by atoms with E-state index in [4.69, 9.17) is 0 Å². The van der Waals surface area contributed by atoms with Gasteiger partial charge < -0.3 is 5.32 Å². The number of nitrogens with one attached hydrogen (secondary N) is 1. The molecule has 0 spiro atoms. The van der Waals surface area contributed by atoms with E-state index in [9.17, 15) is 8.78 Å². The van der Waals surface area contributed by atoms with Crippen molar-refractivity contribution in [1.82, 2.24) is 9.78 Å². The molecule has 0 fully saturated rings. The Morgan fingerprint density at radius 3 is 2.88 bits per heavy atom. The number of hydrogen-bond acceptors (Lipinski definition) is 2. The molecule has 0 unspecified atom stereocenters. The van der Waals surface area contributed by atoms with Gasteiger partial charge in [-0.25, -0.2) is 8.78 Å². The maximum absolute atomic E-state index is 13.3. The molecule has 0 aliphatic rings. The molecule has 0 saturated carbocycles. The summed E-state index contributed by atoms with van der Waals surface area (Å²) in [6.07, 6.45) is 3.57. The van der Waals surface area contributed by atoms with E-state index in [1.54, 1.807) is 10.9 Å². The average Bonchev–Trinajstić information content (AvgIpc) is 2.79. The highest BCUT2D eigenvalue weighted by Crippen LogP contribution is 2.17. The first-order chi connectivity index (χ1) is 8.20. The number of rotatable bonds is 4. The van der Waals surface area contributed by atoms with Crippen molar-refractivity contribution in [3.63, 3.8) is 0 Å². The molecule has 5 heteroatoms. The SMILES string of the molecule is CCn1cc(CNc2cccc(F)c2F)cn1. The summed E-state index contributed by atoms with van der Waals surface area (Å²) < 4.78 is 28.0. The number of benzene rings is 1. The van der Waals surface area contributed by atoms with Crippen LogP contribution in [0.4, 0.5) is 14.5 Å². The fraction of sp³-hybridized carbons (Fsp3) is 0.250. The predicted molar refractivity (Wildman–Crippen MR) is 61.6 cm³/mol. The summed E-state index contributed by atoms with van der Waals surface area (Å²) in [5.74, 6) is -1.70. The van der Waals surface area contributed by atoms with Gasteiger partial charge in [0.15, 0.2) is 11.6 Å². The monoisotopic (exact) mass is 237 g/mol. The van der Waals surface area contributed by atoms with Crippen molar-refractivity contribution >= 4 is 5.69 Å². The first-order valence-electron chi connectivity index (χ1n) is 5.40. The van der Waals surface area contributed by atoms with Crippen molar-refractivity contribution in [2.75, 3.05) is 5.32 Å². The van der Waals surface area contributed by atoms with Gasteiger partial charge in [-0.2, -0.15) is 5.10 Å². The zero-order valence-electron chi connectivity index (χ0n) is 9.45. The van der Waals surface area contributed by atoms with Crippen LogP contribution in [0.5, 0.6) is 0 Å². The highest BCUT2D eigenvalue weighted by atomic mass is 19.2. The third-order valence-corrected chi connectivity index (χ3v) is 2.45. The highest BCUT2D eigenvalue weighted by molar-refractivity contribution is 5.45. The number of anilines is 1. The Morgan fingerprint density at radius 1 is 1.35 bits per heavy atom. The molecule has 90 valence electrons. The number of hydrogen-bond donors (Lipinski definition) is 1. The lowest BCUT2D eigenvalue weighted by atomic mass is 10.2. The lowest BCUT2D eigenvalue weighted by Gasteiger charge is -2.06. The standard InChI is InChI=1S/C12H13F2N3/c1-2-17-8-9(7-16-17)6-15-11-5-3-4-10(13)12(11)14/h3-5,7-8,15H,2,6H2,1H3. The fourth-order valence-electron chi connectivity index (χ4n) is 1.51. The van der Waals surface area contributed by atoms with Crippen LogP contribution in [0.1, 0.15) is 12.5 Å². The summed E-state index contributed by atoms with van der Waals surface area (Å²) >= 11 is 0. The lowest BCUT2D eigenvalue weighted by Crippen LogP contribution is -2.02. The van der Waals surface area contributed by atoms with E-state index >= 15 is 0 Å². The van der Waals surface area contributed by atoms with Crippen molar-refractivity contribution in [3.05, 3.63) is 47.8 Å². The Hall–Kier alpha value is -1.91. The number of aryl methyl sites for hydroxylation is 1. The number of nitrogens with zero attached hydrogens (tertiary/aromatic N) is 2. The molecule has 0 atom stereocenters. The van der Waals surface area contributed by atoms with Crippen molar-refractivity contribution in [1.29, 1.82) is 0 Å². The Morgan fingerprint density at radius 2 is 2.18 bits per heavy atom. The highest BCUT2D eigenvalue weighted by Gasteiger charge is 2.07. The molecule has 0 aliphatic heterocycles. The first-order valence-corrected chi connectivity index (χ1v) is 5.40. The zero-order chi connectivity index (χ0) is 12.3. The molecule has 0 bridgehead atoms. The van der Waals surface area contributed by atoms with Crippen molar-refractivity contribution < 1.29 is 8.78 Å². The van der Waals surface area contributed by atoms with Crippen LogP contribution in [-0.4, -0.2) is 9.78 Å². The van der Waals surface area contributed by atoms with Crippen LogP contribution in [-0.2, 0) is 13.1 Å². The van der Waals surface area contributed by atoms with Crippen molar-refractivity contribution in [2.24, 2.45) is 0 Å². The number of aromatic nitrogens is 2. The second-order valence-electron chi connectivity index (χ2n) is 3.66. The second-order valence-corrected chi connectivity index (χ2v) is 3.66. The van der Waals surface area contributed by atoms with Gasteiger partial charge >= 0.3 is 0 Å². The molecule has 17 heavy (non-hydrogen) atoms. The summed E-state index contributed by atoms with van der Waals surface area (Å²) in [6, 6.07) is 4.06. The van der Waals surface area contributed by atoms with Crippen LogP contribution < -0.4 is 5.32 Å². The Balaban J connectivity index is 2.04. The maximum Gasteiger partial charge on any atom is 0.181 e. The first kappa shape index (κ1) is 11.6. The van der Waals surface area contributed by atoms with Crippen LogP contribution in [0.3, 0.4) is 0 Å². The van der Waals surface area contributed by atoms with Gasteiger partial charge in [-0.15, -0.1) is 0 Å². The van der Waals surface area contributed by atoms with E-state index in [0.717, 1.165) is 18.2 Å². The van der Waals surface area contributed by atoms with Gasteiger partial charge in [0.1, 0.15) is 0 Å². The molecule has 0 aliphatic carbocycles. The predicted octanol–water partition coefficient (Wildman–Crippen LogP) is 2.79. The molecule has 0 saturated heterocycles. The van der Waals surface area contributed by atoms with Crippen LogP contribution >= 0.6 is 0 Å². The zero-order valence-corrected chi connectivity index (χ0v) is 9.45. The lowest BCUT2D eigenvalue weighted by molar-refractivity contribution is 0.511. The molecule has 2 rings (SSSR count). The van der Waals surface area contributed by atoms with E-state index in [2.05, 4.69) is 10.4 Å². The largest absolute Gasteiger partial charge is 0.378 e. The van der Waals surface area contributed by atoms with Gasteiger partial charge in [0.25, 0.3) is 0 Å². The van der Waals surface area contributed by atoms with E-state index < -0.39 is 11.6 Å². The molecule has 1 aromatic heterocycles. The summed E-state index contributed by atoms with van der Waals surface area (Å²) in [5.41, 5.74) is 1.09. The van der Waals surface area contributed by atoms with Gasteiger partial charge in [0, 0.05) is 24.8 Å². The topological polar surface area (TPSA) is 29.9 Å². The summed E-state index contributed by atoms with van der Waals surface area (Å²) in [6.45, 7) is 3.19. The molecule has 1 N–H and O–H groups in total. The quantitative estimate of drug-likeness (QED) is 0.886. The molecular weight excluding hydrogens is 224 g/mol. The third-order valence-electron chi connectivity index (χ3n) is 2.45. The third kappa shape index (κ3) is 2.61. The molecular formula is C12H13F2N3.